The maximum atomic E-state index is 13.9. The minimum absolute atomic E-state index is 0.0299. The number of para-hydroxylation sites is 1. The molecule has 2 fully saturated rings. The van der Waals surface area contributed by atoms with Crippen LogP contribution in [0.25, 0.3) is 0 Å². The fraction of sp³-hybridized carbons (Fsp3) is 0.414. The van der Waals surface area contributed by atoms with Crippen LogP contribution >= 0.6 is 0 Å². The van der Waals surface area contributed by atoms with Crippen LogP contribution in [-0.4, -0.2) is 58.6 Å². The third-order valence-electron chi connectivity index (χ3n) is 7.84. The Bertz CT molecular complexity index is 1230. The van der Waals surface area contributed by atoms with E-state index in [0.717, 1.165) is 19.3 Å². The number of rotatable bonds is 7. The molecule has 2 N–H and O–H groups in total. The molecule has 0 radical (unpaired) electrons. The SMILES string of the molecule is C[C@H](/C=C/CC(=O)N1CCC[C@H]1CO)[C@@]1(O)C(=O)N(c2ccccc2)c2ccc(N3CCCC3=O)cc21. The smallest absolute Gasteiger partial charge is 0.268 e. The van der Waals surface area contributed by atoms with Crippen LogP contribution in [0.4, 0.5) is 17.1 Å². The van der Waals surface area contributed by atoms with Gasteiger partial charge in [0.25, 0.3) is 5.91 Å². The van der Waals surface area contributed by atoms with Crippen molar-refractivity contribution in [1.29, 1.82) is 0 Å². The highest BCUT2D eigenvalue weighted by atomic mass is 16.3. The van der Waals surface area contributed by atoms with Crippen molar-refractivity contribution < 1.29 is 24.6 Å². The summed E-state index contributed by atoms with van der Waals surface area (Å²) in [6, 6.07) is 14.4. The van der Waals surface area contributed by atoms with E-state index < -0.39 is 17.4 Å². The van der Waals surface area contributed by atoms with Crippen molar-refractivity contribution in [2.75, 3.05) is 29.5 Å². The van der Waals surface area contributed by atoms with Crippen LogP contribution in [0, 0.1) is 5.92 Å². The second-order valence-electron chi connectivity index (χ2n) is 10.1. The zero-order valence-electron chi connectivity index (χ0n) is 21.0. The van der Waals surface area contributed by atoms with Crippen LogP contribution in [0.3, 0.4) is 0 Å². The van der Waals surface area contributed by atoms with Gasteiger partial charge in [0, 0.05) is 48.8 Å². The molecular formula is C29H33N3O5. The first-order valence-corrected chi connectivity index (χ1v) is 13.0. The molecule has 0 aliphatic carbocycles. The van der Waals surface area contributed by atoms with Crippen LogP contribution in [0.15, 0.2) is 60.7 Å². The largest absolute Gasteiger partial charge is 0.394 e. The first-order chi connectivity index (χ1) is 17.9. The Morgan fingerprint density at radius 1 is 1.11 bits per heavy atom. The number of benzene rings is 2. The summed E-state index contributed by atoms with van der Waals surface area (Å²) in [6.07, 6.45) is 6.47. The quantitative estimate of drug-likeness (QED) is 0.565. The summed E-state index contributed by atoms with van der Waals surface area (Å²) < 4.78 is 0. The molecule has 3 aliphatic rings. The number of fused-ring (bicyclic) bond motifs is 1. The normalized spacial score (nSPS) is 24.4. The van der Waals surface area contributed by atoms with Crippen LogP contribution in [0.2, 0.25) is 0 Å². The van der Waals surface area contributed by atoms with Gasteiger partial charge in [-0.3, -0.25) is 19.3 Å². The molecule has 2 aromatic rings. The van der Waals surface area contributed by atoms with E-state index >= 15 is 0 Å². The van der Waals surface area contributed by atoms with Gasteiger partial charge < -0.3 is 20.0 Å². The van der Waals surface area contributed by atoms with Gasteiger partial charge >= 0.3 is 0 Å². The van der Waals surface area contributed by atoms with Crippen molar-refractivity contribution in [2.45, 2.75) is 50.7 Å². The van der Waals surface area contributed by atoms with Gasteiger partial charge in [-0.15, -0.1) is 0 Å². The van der Waals surface area contributed by atoms with Crippen molar-refractivity contribution in [2.24, 2.45) is 5.92 Å². The molecule has 8 heteroatoms. The Kier molecular flexibility index (Phi) is 6.88. The zero-order valence-corrected chi connectivity index (χ0v) is 21.0. The molecule has 0 aromatic heterocycles. The topological polar surface area (TPSA) is 101 Å². The average molecular weight is 504 g/mol. The average Bonchev–Trinajstić information content (AvgIpc) is 3.62. The molecule has 2 aromatic carbocycles. The van der Waals surface area contributed by atoms with Crippen molar-refractivity contribution in [3.8, 4) is 0 Å². The van der Waals surface area contributed by atoms with Crippen LogP contribution in [-0.2, 0) is 20.0 Å². The predicted octanol–water partition coefficient (Wildman–Crippen LogP) is 3.25. The van der Waals surface area contributed by atoms with Gasteiger partial charge in [-0.25, -0.2) is 0 Å². The number of carbonyl (C=O) groups excluding carboxylic acids is 3. The highest BCUT2D eigenvalue weighted by Crippen LogP contribution is 2.49. The summed E-state index contributed by atoms with van der Waals surface area (Å²) >= 11 is 0. The van der Waals surface area contributed by atoms with E-state index in [4.69, 9.17) is 0 Å². The van der Waals surface area contributed by atoms with Crippen molar-refractivity contribution in [3.63, 3.8) is 0 Å². The number of anilines is 3. The zero-order chi connectivity index (χ0) is 26.2. The van der Waals surface area contributed by atoms with Crippen LogP contribution in [0.1, 0.15) is 44.6 Å². The maximum absolute atomic E-state index is 13.9. The summed E-state index contributed by atoms with van der Waals surface area (Å²) in [5, 5.41) is 21.6. The Labute approximate surface area is 216 Å². The lowest BCUT2D eigenvalue weighted by Gasteiger charge is -2.28. The molecule has 0 unspecified atom stereocenters. The number of carbonyl (C=O) groups is 3. The van der Waals surface area contributed by atoms with E-state index in [1.165, 1.54) is 4.90 Å². The monoisotopic (exact) mass is 503 g/mol. The molecule has 8 nitrogen and oxygen atoms in total. The highest BCUT2D eigenvalue weighted by molar-refractivity contribution is 6.12. The Morgan fingerprint density at radius 2 is 1.89 bits per heavy atom. The first kappa shape index (κ1) is 25.2. The van der Waals surface area contributed by atoms with Gasteiger partial charge in [0.1, 0.15) is 0 Å². The van der Waals surface area contributed by atoms with E-state index in [0.29, 0.717) is 42.1 Å². The molecule has 0 spiro atoms. The third-order valence-corrected chi connectivity index (χ3v) is 7.84. The van der Waals surface area contributed by atoms with Crippen molar-refractivity contribution in [1.82, 2.24) is 4.90 Å². The number of amides is 3. The fourth-order valence-electron chi connectivity index (χ4n) is 5.77. The number of hydrogen-bond acceptors (Lipinski definition) is 5. The lowest BCUT2D eigenvalue weighted by Crippen LogP contribution is -2.43. The number of aliphatic hydroxyl groups is 2. The Balaban J connectivity index is 1.46. The standard InChI is InChI=1S/C29H33N3O5/c1-20(8-5-12-26(34)31-16-6-11-23(31)19-33)29(37)24-18-22(30-17-7-13-27(30)35)14-15-25(24)32(28(29)36)21-9-3-2-4-10-21/h2-5,8-10,14-15,18,20,23,33,37H,6-7,11-13,16-17,19H2,1H3/b8-5+/t20-,23+,29+/m1/s1. The molecule has 3 amide bonds. The summed E-state index contributed by atoms with van der Waals surface area (Å²) in [5.74, 6) is -1.16. The third kappa shape index (κ3) is 4.34. The van der Waals surface area contributed by atoms with E-state index in [9.17, 15) is 24.6 Å². The van der Waals surface area contributed by atoms with Crippen LogP contribution in [0.5, 0.6) is 0 Å². The second kappa shape index (κ2) is 10.1. The molecule has 2 saturated heterocycles. The number of nitrogens with zero attached hydrogens (tertiary/aromatic N) is 3. The lowest BCUT2D eigenvalue weighted by molar-refractivity contribution is -0.138. The molecule has 37 heavy (non-hydrogen) atoms. The number of hydrogen-bond donors (Lipinski definition) is 2. The summed E-state index contributed by atoms with van der Waals surface area (Å²) in [5.41, 5.74) is 0.461. The van der Waals surface area contributed by atoms with Gasteiger partial charge in [0.15, 0.2) is 5.60 Å². The molecule has 3 heterocycles. The van der Waals surface area contributed by atoms with E-state index in [2.05, 4.69) is 0 Å². The van der Waals surface area contributed by atoms with Crippen molar-refractivity contribution in [3.05, 3.63) is 66.2 Å². The molecule has 194 valence electrons. The minimum Gasteiger partial charge on any atom is -0.394 e. The van der Waals surface area contributed by atoms with E-state index in [-0.39, 0.29) is 30.9 Å². The highest BCUT2D eigenvalue weighted by Gasteiger charge is 2.53. The summed E-state index contributed by atoms with van der Waals surface area (Å²) in [7, 11) is 0. The number of aliphatic hydroxyl groups excluding tert-OH is 1. The van der Waals surface area contributed by atoms with E-state index in [1.807, 2.05) is 36.4 Å². The molecule has 0 bridgehead atoms. The maximum Gasteiger partial charge on any atom is 0.268 e. The minimum atomic E-state index is -1.87. The van der Waals surface area contributed by atoms with Gasteiger partial charge in [-0.2, -0.15) is 0 Å². The van der Waals surface area contributed by atoms with E-state index in [1.54, 1.807) is 41.0 Å². The molecular weight excluding hydrogens is 470 g/mol. The predicted molar refractivity (Wildman–Crippen MR) is 140 cm³/mol. The first-order valence-electron chi connectivity index (χ1n) is 13.0. The fourth-order valence-corrected chi connectivity index (χ4v) is 5.77. The second-order valence-corrected chi connectivity index (χ2v) is 10.1. The number of likely N-dealkylation sites (tertiary alicyclic amines) is 1. The van der Waals surface area contributed by atoms with Crippen LogP contribution < -0.4 is 9.80 Å². The summed E-state index contributed by atoms with van der Waals surface area (Å²) in [4.78, 5) is 43.9. The Morgan fingerprint density at radius 3 is 2.59 bits per heavy atom. The molecule has 5 rings (SSSR count). The van der Waals surface area contributed by atoms with Gasteiger partial charge in [0.05, 0.1) is 18.3 Å². The van der Waals surface area contributed by atoms with Gasteiger partial charge in [-0.1, -0.05) is 37.3 Å². The van der Waals surface area contributed by atoms with Crippen molar-refractivity contribution >= 4 is 34.8 Å². The molecule has 3 aliphatic heterocycles. The lowest BCUT2D eigenvalue weighted by atomic mass is 9.82. The molecule has 3 atom stereocenters. The molecule has 0 saturated carbocycles. The van der Waals surface area contributed by atoms with Gasteiger partial charge in [0.2, 0.25) is 11.8 Å². The van der Waals surface area contributed by atoms with Gasteiger partial charge in [-0.05, 0) is 49.6 Å². The Hall–Kier alpha value is -3.49. The summed E-state index contributed by atoms with van der Waals surface area (Å²) in [6.45, 7) is 2.95.